The summed E-state index contributed by atoms with van der Waals surface area (Å²) < 4.78 is 12.7. The van der Waals surface area contributed by atoms with Gasteiger partial charge in [0.1, 0.15) is 11.4 Å². The van der Waals surface area contributed by atoms with Gasteiger partial charge in [-0.25, -0.2) is 4.98 Å². The molecule has 3 aromatic heterocycles. The van der Waals surface area contributed by atoms with Gasteiger partial charge < -0.3 is 19.1 Å². The summed E-state index contributed by atoms with van der Waals surface area (Å²) in [6, 6.07) is 13.4. The Morgan fingerprint density at radius 3 is 2.56 bits per heavy atom. The van der Waals surface area contributed by atoms with E-state index in [0.717, 1.165) is 29.1 Å². The summed E-state index contributed by atoms with van der Waals surface area (Å²) in [5.41, 5.74) is 5.69. The van der Waals surface area contributed by atoms with E-state index in [9.17, 15) is 4.79 Å². The normalized spacial score (nSPS) is 14.7. The Labute approximate surface area is 197 Å². The number of nitrogens with one attached hydrogen (secondary N) is 1. The predicted octanol–water partition coefficient (Wildman–Crippen LogP) is 3.69. The Kier molecular flexibility index (Phi) is 5.85. The SMILES string of the molecule is CNCc1ccc(-c2cc(-c3nc(-c4ccc(=O)n(CC5(C)COC5)c4)cnc3C)on2)cc1. The highest BCUT2D eigenvalue weighted by Gasteiger charge is 2.34. The van der Waals surface area contributed by atoms with Crippen LogP contribution in [0.4, 0.5) is 0 Å². The van der Waals surface area contributed by atoms with Crippen LogP contribution in [0.2, 0.25) is 0 Å². The van der Waals surface area contributed by atoms with Crippen LogP contribution in [0.15, 0.2) is 64.2 Å². The molecule has 4 heterocycles. The molecular weight excluding hydrogens is 430 g/mol. The van der Waals surface area contributed by atoms with Crippen LogP contribution in [0.25, 0.3) is 34.0 Å². The van der Waals surface area contributed by atoms with E-state index < -0.39 is 0 Å². The largest absolute Gasteiger partial charge is 0.380 e. The van der Waals surface area contributed by atoms with Crippen molar-refractivity contribution in [3.63, 3.8) is 0 Å². The lowest BCUT2D eigenvalue weighted by Gasteiger charge is -2.38. The number of hydrogen-bond donors (Lipinski definition) is 1. The molecule has 0 unspecified atom stereocenters. The van der Waals surface area contributed by atoms with Crippen LogP contribution in [0.1, 0.15) is 18.2 Å². The molecule has 1 fully saturated rings. The molecule has 0 bridgehead atoms. The van der Waals surface area contributed by atoms with Gasteiger partial charge in [0, 0.05) is 48.0 Å². The zero-order valence-corrected chi connectivity index (χ0v) is 19.5. The molecule has 0 spiro atoms. The molecular formula is C26H27N5O3. The van der Waals surface area contributed by atoms with Gasteiger partial charge in [-0.2, -0.15) is 0 Å². The predicted molar refractivity (Wildman–Crippen MR) is 129 cm³/mol. The van der Waals surface area contributed by atoms with Crippen LogP contribution in [0.3, 0.4) is 0 Å². The fourth-order valence-electron chi connectivity index (χ4n) is 4.10. The number of pyridine rings is 1. The average molecular weight is 458 g/mol. The third-order valence-corrected chi connectivity index (χ3v) is 6.06. The van der Waals surface area contributed by atoms with E-state index in [-0.39, 0.29) is 11.0 Å². The smallest absolute Gasteiger partial charge is 0.250 e. The summed E-state index contributed by atoms with van der Waals surface area (Å²) in [5.74, 6) is 0.550. The number of rotatable bonds is 7. The maximum absolute atomic E-state index is 12.4. The number of ether oxygens (including phenoxy) is 1. The highest BCUT2D eigenvalue weighted by molar-refractivity contribution is 5.68. The summed E-state index contributed by atoms with van der Waals surface area (Å²) in [4.78, 5) is 21.8. The number of benzene rings is 1. The first-order chi connectivity index (χ1) is 16.4. The first kappa shape index (κ1) is 22.2. The second-order valence-corrected chi connectivity index (χ2v) is 9.18. The van der Waals surface area contributed by atoms with Crippen LogP contribution >= 0.6 is 0 Å². The minimum absolute atomic E-state index is 0.0198. The minimum Gasteiger partial charge on any atom is -0.380 e. The maximum atomic E-state index is 12.4. The molecule has 0 radical (unpaired) electrons. The molecule has 4 aromatic rings. The van der Waals surface area contributed by atoms with Crippen LogP contribution in [-0.2, 0) is 17.8 Å². The van der Waals surface area contributed by atoms with Crippen molar-refractivity contribution in [1.29, 1.82) is 0 Å². The topological polar surface area (TPSA) is 95.1 Å². The van der Waals surface area contributed by atoms with Gasteiger partial charge in [-0.1, -0.05) is 36.3 Å². The highest BCUT2D eigenvalue weighted by atomic mass is 16.5. The molecule has 1 aliphatic rings. The lowest BCUT2D eigenvalue weighted by Crippen LogP contribution is -2.44. The molecule has 0 atom stereocenters. The molecule has 174 valence electrons. The molecule has 0 amide bonds. The Balaban J connectivity index is 1.44. The molecule has 1 N–H and O–H groups in total. The summed E-state index contributed by atoms with van der Waals surface area (Å²) in [7, 11) is 1.92. The van der Waals surface area contributed by atoms with Crippen molar-refractivity contribution in [2.75, 3.05) is 20.3 Å². The number of aryl methyl sites for hydroxylation is 1. The fourth-order valence-corrected chi connectivity index (χ4v) is 4.10. The molecule has 8 nitrogen and oxygen atoms in total. The van der Waals surface area contributed by atoms with E-state index in [0.29, 0.717) is 36.9 Å². The first-order valence-corrected chi connectivity index (χ1v) is 11.3. The Bertz CT molecular complexity index is 1370. The van der Waals surface area contributed by atoms with E-state index in [2.05, 4.69) is 34.5 Å². The Hall–Kier alpha value is -3.62. The van der Waals surface area contributed by atoms with Crippen molar-refractivity contribution in [3.05, 3.63) is 76.5 Å². The van der Waals surface area contributed by atoms with E-state index in [1.165, 1.54) is 5.56 Å². The van der Waals surface area contributed by atoms with E-state index in [4.69, 9.17) is 14.2 Å². The third kappa shape index (κ3) is 4.42. The summed E-state index contributed by atoms with van der Waals surface area (Å²) in [6.07, 6.45) is 3.56. The zero-order chi connectivity index (χ0) is 23.7. The van der Waals surface area contributed by atoms with Crippen LogP contribution in [0.5, 0.6) is 0 Å². The van der Waals surface area contributed by atoms with Gasteiger partial charge in [-0.15, -0.1) is 0 Å². The van der Waals surface area contributed by atoms with Crippen molar-refractivity contribution in [1.82, 2.24) is 25.0 Å². The summed E-state index contributed by atoms with van der Waals surface area (Å²) >= 11 is 0. The number of hydrogen-bond acceptors (Lipinski definition) is 7. The average Bonchev–Trinajstić information content (AvgIpc) is 3.31. The first-order valence-electron chi connectivity index (χ1n) is 11.3. The van der Waals surface area contributed by atoms with Crippen molar-refractivity contribution in [3.8, 4) is 34.0 Å². The maximum Gasteiger partial charge on any atom is 0.250 e. The lowest BCUT2D eigenvalue weighted by atomic mass is 9.88. The second kappa shape index (κ2) is 8.96. The molecule has 0 saturated carbocycles. The standard InChI is InChI=1S/C26H27N5O3/c1-17-25(23-10-21(30-34-23)19-6-4-18(5-7-19)11-27-3)29-22(12-28-17)20-8-9-24(32)31(13-20)14-26(2)15-33-16-26/h4-10,12-13,27H,11,14-16H2,1-3H3. The quantitative estimate of drug-likeness (QED) is 0.452. The van der Waals surface area contributed by atoms with Gasteiger partial charge in [-0.3, -0.25) is 9.78 Å². The molecule has 5 rings (SSSR count). The molecule has 34 heavy (non-hydrogen) atoms. The molecule has 1 aromatic carbocycles. The summed E-state index contributed by atoms with van der Waals surface area (Å²) in [6.45, 7) is 6.74. The summed E-state index contributed by atoms with van der Waals surface area (Å²) in [5, 5.41) is 7.39. The van der Waals surface area contributed by atoms with E-state index in [1.807, 2.05) is 38.4 Å². The zero-order valence-electron chi connectivity index (χ0n) is 19.5. The van der Waals surface area contributed by atoms with Gasteiger partial charge >= 0.3 is 0 Å². The number of aromatic nitrogens is 4. The second-order valence-electron chi connectivity index (χ2n) is 9.18. The van der Waals surface area contributed by atoms with Gasteiger partial charge in [-0.05, 0) is 25.6 Å². The molecule has 1 saturated heterocycles. The van der Waals surface area contributed by atoms with E-state index >= 15 is 0 Å². The fraction of sp³-hybridized carbons (Fsp3) is 0.308. The van der Waals surface area contributed by atoms with Gasteiger partial charge in [0.05, 0.1) is 30.8 Å². The van der Waals surface area contributed by atoms with E-state index in [1.54, 1.807) is 22.9 Å². The lowest BCUT2D eigenvalue weighted by molar-refractivity contribution is -0.110. The van der Waals surface area contributed by atoms with Crippen molar-refractivity contribution in [2.24, 2.45) is 5.41 Å². The van der Waals surface area contributed by atoms with Crippen molar-refractivity contribution >= 4 is 0 Å². The number of nitrogens with zero attached hydrogens (tertiary/aromatic N) is 4. The monoisotopic (exact) mass is 457 g/mol. The van der Waals surface area contributed by atoms with Gasteiger partial charge in [0.15, 0.2) is 5.76 Å². The molecule has 8 heteroatoms. The highest BCUT2D eigenvalue weighted by Crippen LogP contribution is 2.30. The minimum atomic E-state index is -0.0437. The van der Waals surface area contributed by atoms with Crippen LogP contribution in [0, 0.1) is 12.3 Å². The molecule has 0 aliphatic carbocycles. The molecule has 1 aliphatic heterocycles. The van der Waals surface area contributed by atoms with Crippen molar-refractivity contribution < 1.29 is 9.26 Å². The van der Waals surface area contributed by atoms with Gasteiger partial charge in [0.25, 0.3) is 5.56 Å². The third-order valence-electron chi connectivity index (χ3n) is 6.06. The van der Waals surface area contributed by atoms with Crippen LogP contribution < -0.4 is 10.9 Å². The Morgan fingerprint density at radius 1 is 1.09 bits per heavy atom. The van der Waals surface area contributed by atoms with Crippen LogP contribution in [-0.4, -0.2) is 40.0 Å². The van der Waals surface area contributed by atoms with Crippen molar-refractivity contribution in [2.45, 2.75) is 26.9 Å². The van der Waals surface area contributed by atoms with Gasteiger partial charge in [0.2, 0.25) is 0 Å². The Morgan fingerprint density at radius 2 is 1.85 bits per heavy atom.